The maximum atomic E-state index is 12.3. The molecule has 138 valence electrons. The minimum absolute atomic E-state index is 0.0110. The van der Waals surface area contributed by atoms with E-state index in [1.54, 1.807) is 31.4 Å². The highest BCUT2D eigenvalue weighted by atomic mass is 35.5. The molecular formula is C20H23ClN2O3. The van der Waals surface area contributed by atoms with Gasteiger partial charge in [-0.3, -0.25) is 9.69 Å². The SMILES string of the molecule is COc1ccccc1CN1CCN(C(=O)COc2ccc(Cl)cc2)CC1. The second kappa shape index (κ2) is 8.92. The lowest BCUT2D eigenvalue weighted by molar-refractivity contribution is -0.135. The summed E-state index contributed by atoms with van der Waals surface area (Å²) in [4.78, 5) is 16.5. The molecule has 0 atom stereocenters. The summed E-state index contributed by atoms with van der Waals surface area (Å²) < 4.78 is 11.0. The highest BCUT2D eigenvalue weighted by Gasteiger charge is 2.22. The van der Waals surface area contributed by atoms with Crippen LogP contribution in [0.4, 0.5) is 0 Å². The number of para-hydroxylation sites is 1. The summed E-state index contributed by atoms with van der Waals surface area (Å²) in [5.41, 5.74) is 1.17. The number of hydrogen-bond acceptors (Lipinski definition) is 4. The van der Waals surface area contributed by atoms with Crippen molar-refractivity contribution < 1.29 is 14.3 Å². The second-order valence-corrected chi connectivity index (χ2v) is 6.65. The number of methoxy groups -OCH3 is 1. The molecule has 3 rings (SSSR count). The van der Waals surface area contributed by atoms with E-state index in [-0.39, 0.29) is 12.5 Å². The maximum absolute atomic E-state index is 12.3. The summed E-state index contributed by atoms with van der Waals surface area (Å²) in [5.74, 6) is 1.57. The van der Waals surface area contributed by atoms with Gasteiger partial charge in [0.1, 0.15) is 11.5 Å². The topological polar surface area (TPSA) is 42.0 Å². The van der Waals surface area contributed by atoms with Crippen molar-refractivity contribution in [3.63, 3.8) is 0 Å². The van der Waals surface area contributed by atoms with Crippen molar-refractivity contribution in [2.75, 3.05) is 39.9 Å². The molecule has 0 N–H and O–H groups in total. The van der Waals surface area contributed by atoms with Crippen LogP contribution in [-0.4, -0.2) is 55.6 Å². The first kappa shape index (κ1) is 18.5. The molecule has 0 aliphatic carbocycles. The molecule has 0 radical (unpaired) electrons. The Morgan fingerprint density at radius 3 is 2.42 bits per heavy atom. The molecule has 6 heteroatoms. The Bertz CT molecular complexity index is 728. The van der Waals surface area contributed by atoms with Gasteiger partial charge >= 0.3 is 0 Å². The average molecular weight is 375 g/mol. The molecule has 1 aliphatic heterocycles. The number of hydrogen-bond donors (Lipinski definition) is 0. The normalized spacial score (nSPS) is 14.9. The van der Waals surface area contributed by atoms with Gasteiger partial charge in [-0.25, -0.2) is 0 Å². The van der Waals surface area contributed by atoms with Crippen molar-refractivity contribution in [1.82, 2.24) is 9.80 Å². The van der Waals surface area contributed by atoms with Crippen molar-refractivity contribution in [3.8, 4) is 11.5 Å². The highest BCUT2D eigenvalue weighted by molar-refractivity contribution is 6.30. The van der Waals surface area contributed by atoms with Gasteiger partial charge in [0, 0.05) is 43.3 Å². The van der Waals surface area contributed by atoms with Gasteiger partial charge in [-0.1, -0.05) is 29.8 Å². The Hall–Kier alpha value is -2.24. The van der Waals surface area contributed by atoms with Crippen LogP contribution < -0.4 is 9.47 Å². The molecular weight excluding hydrogens is 352 g/mol. The van der Waals surface area contributed by atoms with Crippen LogP contribution in [0, 0.1) is 0 Å². The summed E-state index contributed by atoms with van der Waals surface area (Å²) in [7, 11) is 1.69. The van der Waals surface area contributed by atoms with E-state index in [0.717, 1.165) is 25.4 Å². The smallest absolute Gasteiger partial charge is 0.260 e. The Labute approximate surface area is 159 Å². The van der Waals surface area contributed by atoms with E-state index in [2.05, 4.69) is 11.0 Å². The molecule has 1 saturated heterocycles. The Kier molecular flexibility index (Phi) is 6.36. The lowest BCUT2D eigenvalue weighted by atomic mass is 10.1. The van der Waals surface area contributed by atoms with Crippen molar-refractivity contribution in [2.45, 2.75) is 6.54 Å². The van der Waals surface area contributed by atoms with E-state index in [1.165, 1.54) is 5.56 Å². The van der Waals surface area contributed by atoms with Crippen LogP contribution in [0.25, 0.3) is 0 Å². The van der Waals surface area contributed by atoms with Gasteiger partial charge in [0.25, 0.3) is 5.91 Å². The van der Waals surface area contributed by atoms with Gasteiger partial charge in [-0.05, 0) is 30.3 Å². The third-order valence-electron chi connectivity index (χ3n) is 4.49. The van der Waals surface area contributed by atoms with Gasteiger partial charge in [-0.15, -0.1) is 0 Å². The van der Waals surface area contributed by atoms with Crippen molar-refractivity contribution in [2.24, 2.45) is 0 Å². The molecule has 0 spiro atoms. The number of ether oxygens (including phenoxy) is 2. The van der Waals surface area contributed by atoms with Gasteiger partial charge in [-0.2, -0.15) is 0 Å². The number of rotatable bonds is 6. The summed E-state index contributed by atoms with van der Waals surface area (Å²) in [6.07, 6.45) is 0. The Morgan fingerprint density at radius 1 is 1.04 bits per heavy atom. The van der Waals surface area contributed by atoms with Crippen LogP contribution in [0.2, 0.25) is 5.02 Å². The molecule has 0 bridgehead atoms. The molecule has 2 aromatic carbocycles. The maximum Gasteiger partial charge on any atom is 0.260 e. The number of carbonyl (C=O) groups excluding carboxylic acids is 1. The standard InChI is InChI=1S/C20H23ClN2O3/c1-25-19-5-3-2-4-16(19)14-22-10-12-23(13-11-22)20(24)15-26-18-8-6-17(21)7-9-18/h2-9H,10-15H2,1H3. The summed E-state index contributed by atoms with van der Waals surface area (Å²) >= 11 is 5.84. The Morgan fingerprint density at radius 2 is 1.73 bits per heavy atom. The number of benzene rings is 2. The first-order chi connectivity index (χ1) is 12.7. The van der Waals surface area contributed by atoms with Gasteiger partial charge in [0.2, 0.25) is 0 Å². The average Bonchev–Trinajstić information content (AvgIpc) is 2.68. The third kappa shape index (κ3) is 4.90. The third-order valence-corrected chi connectivity index (χ3v) is 4.74. The van der Waals surface area contributed by atoms with E-state index >= 15 is 0 Å². The number of halogens is 1. The summed E-state index contributed by atoms with van der Waals surface area (Å²) in [5, 5.41) is 0.648. The summed E-state index contributed by atoms with van der Waals surface area (Å²) in [6.45, 7) is 3.97. The Balaban J connectivity index is 1.45. The van der Waals surface area contributed by atoms with Crippen LogP contribution >= 0.6 is 11.6 Å². The minimum Gasteiger partial charge on any atom is -0.496 e. The predicted octanol–water partition coefficient (Wildman–Crippen LogP) is 3.07. The molecule has 0 aromatic heterocycles. The van der Waals surface area contributed by atoms with E-state index in [9.17, 15) is 4.79 Å². The van der Waals surface area contributed by atoms with Crippen molar-refractivity contribution in [3.05, 3.63) is 59.1 Å². The van der Waals surface area contributed by atoms with E-state index in [4.69, 9.17) is 21.1 Å². The monoisotopic (exact) mass is 374 g/mol. The highest BCUT2D eigenvalue weighted by Crippen LogP contribution is 2.20. The molecule has 1 aliphatic rings. The van der Waals surface area contributed by atoms with Crippen LogP contribution in [-0.2, 0) is 11.3 Å². The fourth-order valence-corrected chi connectivity index (χ4v) is 3.12. The van der Waals surface area contributed by atoms with Crippen molar-refractivity contribution >= 4 is 17.5 Å². The number of carbonyl (C=O) groups is 1. The van der Waals surface area contributed by atoms with Crippen molar-refractivity contribution in [1.29, 1.82) is 0 Å². The van der Waals surface area contributed by atoms with E-state index in [0.29, 0.717) is 23.9 Å². The zero-order chi connectivity index (χ0) is 18.4. The zero-order valence-corrected chi connectivity index (χ0v) is 15.6. The molecule has 5 nitrogen and oxygen atoms in total. The molecule has 1 fully saturated rings. The van der Waals surface area contributed by atoms with Gasteiger partial charge in [0.15, 0.2) is 6.61 Å². The minimum atomic E-state index is 0.0110. The van der Waals surface area contributed by atoms with Crippen LogP contribution in [0.1, 0.15) is 5.56 Å². The lowest BCUT2D eigenvalue weighted by Gasteiger charge is -2.34. The second-order valence-electron chi connectivity index (χ2n) is 6.21. The molecule has 26 heavy (non-hydrogen) atoms. The largest absolute Gasteiger partial charge is 0.496 e. The molecule has 2 aromatic rings. The van der Waals surface area contributed by atoms with Gasteiger partial charge < -0.3 is 14.4 Å². The number of amides is 1. The summed E-state index contributed by atoms with van der Waals surface area (Å²) in [6, 6.07) is 15.1. The van der Waals surface area contributed by atoms with Crippen LogP contribution in [0.15, 0.2) is 48.5 Å². The molecule has 0 unspecified atom stereocenters. The van der Waals surface area contributed by atoms with E-state index in [1.807, 2.05) is 23.1 Å². The molecule has 0 saturated carbocycles. The van der Waals surface area contributed by atoms with Crippen LogP contribution in [0.5, 0.6) is 11.5 Å². The fourth-order valence-electron chi connectivity index (χ4n) is 3.00. The van der Waals surface area contributed by atoms with E-state index < -0.39 is 0 Å². The number of piperazine rings is 1. The molecule has 1 amide bonds. The molecule has 1 heterocycles. The van der Waals surface area contributed by atoms with Gasteiger partial charge in [0.05, 0.1) is 7.11 Å². The lowest BCUT2D eigenvalue weighted by Crippen LogP contribution is -2.49. The fraction of sp³-hybridized carbons (Fsp3) is 0.350. The zero-order valence-electron chi connectivity index (χ0n) is 14.9. The first-order valence-electron chi connectivity index (χ1n) is 8.66. The first-order valence-corrected chi connectivity index (χ1v) is 9.04. The van der Waals surface area contributed by atoms with Crippen LogP contribution in [0.3, 0.4) is 0 Å². The number of nitrogens with zero attached hydrogens (tertiary/aromatic N) is 2. The quantitative estimate of drug-likeness (QED) is 0.779. The predicted molar refractivity (Wildman–Crippen MR) is 102 cm³/mol.